The fourth-order valence-corrected chi connectivity index (χ4v) is 0.758. The summed E-state index contributed by atoms with van der Waals surface area (Å²) in [4.78, 5) is 1.98. The number of alkyl halides is 1. The number of hydrogen-bond acceptors (Lipinski definition) is 2. The van der Waals surface area contributed by atoms with Crippen LogP contribution in [0.4, 0.5) is 0 Å². The predicted octanol–water partition coefficient (Wildman–Crippen LogP) is 0.706. The van der Waals surface area contributed by atoms with Gasteiger partial charge in [-0.2, -0.15) is 0 Å². The van der Waals surface area contributed by atoms with Crippen molar-refractivity contribution in [1.82, 2.24) is 4.90 Å². The molecule has 1 N–H and O–H groups in total. The van der Waals surface area contributed by atoms with Crippen molar-refractivity contribution >= 4 is 11.6 Å². The molecule has 0 fully saturated rings. The smallest absolute Gasteiger partial charge is 0.0558 e. The molecule has 0 unspecified atom stereocenters. The van der Waals surface area contributed by atoms with Crippen molar-refractivity contribution in [2.24, 2.45) is 0 Å². The van der Waals surface area contributed by atoms with E-state index in [0.717, 1.165) is 12.1 Å². The van der Waals surface area contributed by atoms with Crippen LogP contribution in [0.3, 0.4) is 0 Å². The Labute approximate surface area is 67.1 Å². The molecule has 0 aliphatic carbocycles. The van der Waals surface area contributed by atoms with Gasteiger partial charge in [-0.3, -0.25) is 0 Å². The number of nitrogens with zero attached hydrogens (tertiary/aromatic N) is 1. The van der Waals surface area contributed by atoms with E-state index in [-0.39, 0.29) is 6.61 Å². The minimum absolute atomic E-state index is 0.187. The Morgan fingerprint density at radius 3 is 2.70 bits per heavy atom. The third-order valence-electron chi connectivity index (χ3n) is 1.16. The average Bonchev–Trinajstić information content (AvgIpc) is 1.88. The number of rotatable bonds is 5. The highest BCUT2D eigenvalue weighted by atomic mass is 35.5. The van der Waals surface area contributed by atoms with E-state index in [1.807, 2.05) is 11.9 Å². The topological polar surface area (TPSA) is 23.5 Å². The molecule has 0 radical (unpaired) electrons. The van der Waals surface area contributed by atoms with Crippen molar-refractivity contribution in [1.29, 1.82) is 0 Å². The Bertz CT molecular complexity index is 106. The van der Waals surface area contributed by atoms with E-state index in [1.54, 1.807) is 0 Å². The second-order valence-electron chi connectivity index (χ2n) is 2.35. The zero-order valence-electron chi connectivity index (χ0n) is 6.31. The Morgan fingerprint density at radius 2 is 2.30 bits per heavy atom. The van der Waals surface area contributed by atoms with Crippen LogP contribution >= 0.6 is 11.6 Å². The van der Waals surface area contributed by atoms with Crippen LogP contribution in [0.15, 0.2) is 12.2 Å². The number of halogens is 1. The highest BCUT2D eigenvalue weighted by molar-refractivity contribution is 6.19. The highest BCUT2D eigenvalue weighted by Gasteiger charge is 1.97. The molecule has 0 bridgehead atoms. The van der Waals surface area contributed by atoms with Crippen LogP contribution < -0.4 is 0 Å². The van der Waals surface area contributed by atoms with Crippen LogP contribution in [0.5, 0.6) is 0 Å². The van der Waals surface area contributed by atoms with Gasteiger partial charge >= 0.3 is 0 Å². The Morgan fingerprint density at radius 1 is 1.70 bits per heavy atom. The van der Waals surface area contributed by atoms with Crippen LogP contribution in [0.25, 0.3) is 0 Å². The third kappa shape index (κ3) is 4.79. The molecule has 0 saturated carbocycles. The van der Waals surface area contributed by atoms with Gasteiger partial charge in [-0.05, 0) is 12.6 Å². The zero-order valence-corrected chi connectivity index (χ0v) is 7.06. The van der Waals surface area contributed by atoms with Crippen molar-refractivity contribution in [3.63, 3.8) is 0 Å². The van der Waals surface area contributed by atoms with Gasteiger partial charge in [0.1, 0.15) is 0 Å². The van der Waals surface area contributed by atoms with Crippen LogP contribution in [0, 0.1) is 0 Å². The van der Waals surface area contributed by atoms with E-state index in [4.69, 9.17) is 16.7 Å². The molecule has 3 heteroatoms. The first-order valence-electron chi connectivity index (χ1n) is 3.22. The second-order valence-corrected chi connectivity index (χ2v) is 2.61. The fraction of sp³-hybridized carbons (Fsp3) is 0.714. The molecule has 0 amide bonds. The van der Waals surface area contributed by atoms with Crippen molar-refractivity contribution in [3.05, 3.63) is 12.2 Å². The summed E-state index contributed by atoms with van der Waals surface area (Å²) in [5.74, 6) is 0.496. The Kier molecular flexibility index (Phi) is 5.69. The maximum Gasteiger partial charge on any atom is 0.0558 e. The van der Waals surface area contributed by atoms with Gasteiger partial charge in [0.05, 0.1) is 6.61 Å². The van der Waals surface area contributed by atoms with Crippen molar-refractivity contribution < 1.29 is 5.11 Å². The lowest BCUT2D eigenvalue weighted by molar-refractivity contribution is 0.230. The first kappa shape index (κ1) is 9.95. The lowest BCUT2D eigenvalue weighted by atomic mass is 10.3. The summed E-state index contributed by atoms with van der Waals surface area (Å²) < 4.78 is 0. The maximum atomic E-state index is 8.52. The molecule has 0 aliphatic rings. The monoisotopic (exact) mass is 163 g/mol. The predicted molar refractivity (Wildman–Crippen MR) is 44.4 cm³/mol. The van der Waals surface area contributed by atoms with Gasteiger partial charge in [-0.15, -0.1) is 11.6 Å². The maximum absolute atomic E-state index is 8.52. The Balaban J connectivity index is 3.37. The van der Waals surface area contributed by atoms with Gasteiger partial charge in [-0.1, -0.05) is 6.58 Å². The number of likely N-dealkylation sites (N-methyl/N-ethyl adjacent to an activating group) is 1. The average molecular weight is 164 g/mol. The van der Waals surface area contributed by atoms with E-state index in [9.17, 15) is 0 Å². The number of hydrogen-bond donors (Lipinski definition) is 1. The molecule has 0 aromatic rings. The summed E-state index contributed by atoms with van der Waals surface area (Å²) in [5.41, 5.74) is 0.984. The van der Waals surface area contributed by atoms with E-state index >= 15 is 0 Å². The summed E-state index contributed by atoms with van der Waals surface area (Å²) >= 11 is 5.51. The van der Waals surface area contributed by atoms with Crippen LogP contribution in [0.2, 0.25) is 0 Å². The van der Waals surface area contributed by atoms with Gasteiger partial charge in [0, 0.05) is 19.0 Å². The SMILES string of the molecule is C=C(CCl)CN(C)CCO. The molecular formula is C7H14ClNO. The van der Waals surface area contributed by atoms with Crippen LogP contribution in [-0.2, 0) is 0 Å². The number of aliphatic hydroxyl groups is 1. The summed E-state index contributed by atoms with van der Waals surface area (Å²) in [6.07, 6.45) is 0. The molecule has 0 saturated heterocycles. The highest BCUT2D eigenvalue weighted by Crippen LogP contribution is 1.95. The zero-order chi connectivity index (χ0) is 7.98. The van der Waals surface area contributed by atoms with E-state index < -0.39 is 0 Å². The van der Waals surface area contributed by atoms with Gasteiger partial charge in [0.15, 0.2) is 0 Å². The summed E-state index contributed by atoms with van der Waals surface area (Å²) in [7, 11) is 1.92. The molecule has 0 atom stereocenters. The van der Waals surface area contributed by atoms with E-state index in [1.165, 1.54) is 0 Å². The standard InChI is InChI=1S/C7H14ClNO/c1-7(5-8)6-9(2)3-4-10/h10H,1,3-6H2,2H3. The lowest BCUT2D eigenvalue weighted by Crippen LogP contribution is -2.24. The summed E-state index contributed by atoms with van der Waals surface area (Å²) in [6.45, 7) is 5.37. The summed E-state index contributed by atoms with van der Waals surface area (Å²) in [6, 6.07) is 0. The van der Waals surface area contributed by atoms with Gasteiger partial charge in [0.2, 0.25) is 0 Å². The minimum atomic E-state index is 0.187. The molecule has 60 valence electrons. The molecule has 0 spiro atoms. The molecule has 10 heavy (non-hydrogen) atoms. The molecule has 2 nitrogen and oxygen atoms in total. The lowest BCUT2D eigenvalue weighted by Gasteiger charge is -2.14. The van der Waals surface area contributed by atoms with Gasteiger partial charge in [-0.25, -0.2) is 0 Å². The quantitative estimate of drug-likeness (QED) is 0.477. The largest absolute Gasteiger partial charge is 0.395 e. The van der Waals surface area contributed by atoms with Crippen molar-refractivity contribution in [2.45, 2.75) is 0 Å². The molecular weight excluding hydrogens is 150 g/mol. The first-order valence-corrected chi connectivity index (χ1v) is 3.76. The van der Waals surface area contributed by atoms with Crippen LogP contribution in [0.1, 0.15) is 0 Å². The van der Waals surface area contributed by atoms with Crippen LogP contribution in [-0.4, -0.2) is 42.6 Å². The van der Waals surface area contributed by atoms with Gasteiger partial charge in [0.25, 0.3) is 0 Å². The molecule has 0 aliphatic heterocycles. The third-order valence-corrected chi connectivity index (χ3v) is 1.54. The normalized spacial score (nSPS) is 10.4. The molecule has 0 aromatic heterocycles. The first-order chi connectivity index (χ1) is 4.70. The Hall–Kier alpha value is -0.0500. The van der Waals surface area contributed by atoms with E-state index in [0.29, 0.717) is 12.4 Å². The van der Waals surface area contributed by atoms with Gasteiger partial charge < -0.3 is 10.0 Å². The minimum Gasteiger partial charge on any atom is -0.395 e. The molecule has 0 aromatic carbocycles. The second kappa shape index (κ2) is 5.71. The molecule has 0 rings (SSSR count). The fourth-order valence-electron chi connectivity index (χ4n) is 0.674. The number of aliphatic hydroxyl groups excluding tert-OH is 1. The van der Waals surface area contributed by atoms with Crippen molar-refractivity contribution in [2.75, 3.05) is 32.6 Å². The van der Waals surface area contributed by atoms with E-state index in [2.05, 4.69) is 6.58 Å². The molecule has 0 heterocycles. The summed E-state index contributed by atoms with van der Waals surface area (Å²) in [5, 5.41) is 8.52. The van der Waals surface area contributed by atoms with Crippen molar-refractivity contribution in [3.8, 4) is 0 Å².